The minimum atomic E-state index is 0.167. The highest BCUT2D eigenvalue weighted by Crippen LogP contribution is 2.43. The van der Waals surface area contributed by atoms with Gasteiger partial charge in [0.1, 0.15) is 22.3 Å². The topological polar surface area (TPSA) is 65.0 Å². The quantitative estimate of drug-likeness (QED) is 0.187. The Morgan fingerprint density at radius 1 is 0.480 bits per heavy atom. The van der Waals surface area contributed by atoms with Gasteiger partial charge < -0.3 is 8.83 Å². The van der Waals surface area contributed by atoms with E-state index in [4.69, 9.17) is 23.8 Å². The van der Waals surface area contributed by atoms with Crippen molar-refractivity contribution in [2.45, 2.75) is 12.3 Å². The largest absolute Gasteiger partial charge is 0.456 e. The van der Waals surface area contributed by atoms with Gasteiger partial charge in [0, 0.05) is 49.7 Å². The van der Waals surface area contributed by atoms with Crippen LogP contribution in [0.1, 0.15) is 23.5 Å². The third kappa shape index (κ3) is 4.66. The van der Waals surface area contributed by atoms with Gasteiger partial charge in [0.15, 0.2) is 17.5 Å². The molecule has 0 saturated carbocycles. The summed E-state index contributed by atoms with van der Waals surface area (Å²) in [4.78, 5) is 15.5. The van der Waals surface area contributed by atoms with E-state index in [1.54, 1.807) is 0 Å². The Morgan fingerprint density at radius 3 is 1.80 bits per heavy atom. The lowest BCUT2D eigenvalue weighted by Gasteiger charge is -2.18. The van der Waals surface area contributed by atoms with Gasteiger partial charge in [-0.05, 0) is 41.8 Å². The number of rotatable bonds is 5. The molecule has 236 valence electrons. The summed E-state index contributed by atoms with van der Waals surface area (Å²) in [5, 5.41) is 4.05. The lowest BCUT2D eigenvalue weighted by molar-refractivity contribution is 0.657. The van der Waals surface area contributed by atoms with E-state index >= 15 is 0 Å². The second-order valence-electron chi connectivity index (χ2n) is 12.7. The van der Waals surface area contributed by atoms with E-state index in [2.05, 4.69) is 85.0 Å². The van der Waals surface area contributed by atoms with Crippen molar-refractivity contribution in [3.63, 3.8) is 0 Å². The lowest BCUT2D eigenvalue weighted by Crippen LogP contribution is -2.02. The molecule has 5 nitrogen and oxygen atoms in total. The number of furan rings is 2. The number of para-hydroxylation sites is 2. The molecule has 10 rings (SSSR count). The van der Waals surface area contributed by atoms with Gasteiger partial charge in [-0.25, -0.2) is 15.0 Å². The van der Waals surface area contributed by atoms with Crippen molar-refractivity contribution >= 4 is 49.5 Å². The first-order valence-electron chi connectivity index (χ1n) is 16.9. The fourth-order valence-corrected chi connectivity index (χ4v) is 7.32. The van der Waals surface area contributed by atoms with Crippen molar-refractivity contribution < 1.29 is 8.83 Å². The molecule has 1 unspecified atom stereocenters. The summed E-state index contributed by atoms with van der Waals surface area (Å²) in [7, 11) is 0. The first-order valence-corrected chi connectivity index (χ1v) is 16.9. The van der Waals surface area contributed by atoms with Crippen molar-refractivity contribution in [2.75, 3.05) is 0 Å². The first kappa shape index (κ1) is 28.4. The molecule has 3 aromatic heterocycles. The molecule has 0 N–H and O–H groups in total. The zero-order valence-corrected chi connectivity index (χ0v) is 27.0. The standard InChI is InChI=1S/C45H29N3O2/c1-3-12-28(13-4-1)29-22-24-30(25-23-29)32-26-27-36(41-34-17-8-10-20-38(34)50-42(32)41)45-47-43(31-14-5-2-6-15-31)46-44(48-45)35-18-11-21-39-40(35)33-16-7-9-19-37(33)49-39/h1-24,26-27,30H,25H2. The van der Waals surface area contributed by atoms with Crippen molar-refractivity contribution in [2.24, 2.45) is 0 Å². The predicted octanol–water partition coefficient (Wildman–Crippen LogP) is 11.8. The number of allylic oxidation sites excluding steroid dienone is 4. The average Bonchev–Trinajstić information content (AvgIpc) is 3.77. The van der Waals surface area contributed by atoms with Crippen LogP contribution in [0.3, 0.4) is 0 Å². The number of hydrogen-bond donors (Lipinski definition) is 0. The van der Waals surface area contributed by atoms with Crippen LogP contribution in [0.2, 0.25) is 0 Å². The molecule has 9 aromatic rings. The van der Waals surface area contributed by atoms with Crippen molar-refractivity contribution in [3.8, 4) is 34.2 Å². The zero-order valence-electron chi connectivity index (χ0n) is 27.0. The number of aromatic nitrogens is 3. The second kappa shape index (κ2) is 11.5. The summed E-state index contributed by atoms with van der Waals surface area (Å²) in [6, 6.07) is 47.4. The summed E-state index contributed by atoms with van der Waals surface area (Å²) in [5.74, 6) is 1.95. The van der Waals surface area contributed by atoms with E-state index in [1.807, 2.05) is 72.8 Å². The van der Waals surface area contributed by atoms with Gasteiger partial charge in [0.25, 0.3) is 0 Å². The van der Waals surface area contributed by atoms with E-state index in [0.29, 0.717) is 17.5 Å². The zero-order chi connectivity index (χ0) is 33.0. The number of fused-ring (bicyclic) bond motifs is 6. The van der Waals surface area contributed by atoms with Crippen LogP contribution in [0.5, 0.6) is 0 Å². The molecule has 1 aliphatic carbocycles. The number of benzene rings is 6. The van der Waals surface area contributed by atoms with Gasteiger partial charge in [-0.2, -0.15) is 0 Å². The lowest BCUT2D eigenvalue weighted by atomic mass is 9.86. The van der Waals surface area contributed by atoms with Gasteiger partial charge in [0.2, 0.25) is 0 Å². The molecule has 5 heteroatoms. The molecule has 0 amide bonds. The second-order valence-corrected chi connectivity index (χ2v) is 12.7. The molecule has 6 aromatic carbocycles. The summed E-state index contributed by atoms with van der Waals surface area (Å²) >= 11 is 0. The highest BCUT2D eigenvalue weighted by Gasteiger charge is 2.24. The Labute approximate surface area is 287 Å². The molecule has 50 heavy (non-hydrogen) atoms. The Kier molecular flexibility index (Phi) is 6.56. The van der Waals surface area contributed by atoms with Crippen LogP contribution in [-0.4, -0.2) is 15.0 Å². The monoisotopic (exact) mass is 643 g/mol. The van der Waals surface area contributed by atoms with Gasteiger partial charge in [0.05, 0.1) is 0 Å². The number of nitrogens with zero attached hydrogens (tertiary/aromatic N) is 3. The molecule has 3 heterocycles. The average molecular weight is 644 g/mol. The number of hydrogen-bond acceptors (Lipinski definition) is 5. The third-order valence-electron chi connectivity index (χ3n) is 9.71. The van der Waals surface area contributed by atoms with Crippen LogP contribution in [0.15, 0.2) is 167 Å². The highest BCUT2D eigenvalue weighted by atomic mass is 16.3. The van der Waals surface area contributed by atoms with Crippen molar-refractivity contribution in [1.29, 1.82) is 0 Å². The van der Waals surface area contributed by atoms with E-state index in [9.17, 15) is 0 Å². The summed E-state index contributed by atoms with van der Waals surface area (Å²) in [6.07, 6.45) is 7.74. The van der Waals surface area contributed by atoms with Gasteiger partial charge in [-0.3, -0.25) is 0 Å². The van der Waals surface area contributed by atoms with Crippen LogP contribution >= 0.6 is 0 Å². The molecular weight excluding hydrogens is 615 g/mol. The maximum Gasteiger partial charge on any atom is 0.164 e. The van der Waals surface area contributed by atoms with Crippen LogP contribution < -0.4 is 0 Å². The normalized spacial score (nSPS) is 14.6. The molecule has 1 aliphatic rings. The Balaban J connectivity index is 1.18. The summed E-state index contributed by atoms with van der Waals surface area (Å²) in [5.41, 5.74) is 9.65. The maximum atomic E-state index is 6.70. The van der Waals surface area contributed by atoms with Crippen LogP contribution in [0.25, 0.3) is 83.6 Å². The molecule has 0 fully saturated rings. The van der Waals surface area contributed by atoms with Crippen LogP contribution in [-0.2, 0) is 0 Å². The summed E-state index contributed by atoms with van der Waals surface area (Å²) in [6.45, 7) is 0. The van der Waals surface area contributed by atoms with E-state index in [1.165, 1.54) is 11.1 Å². The first-order chi connectivity index (χ1) is 24.8. The molecule has 0 spiro atoms. The van der Waals surface area contributed by atoms with Crippen molar-refractivity contribution in [3.05, 3.63) is 169 Å². The molecule has 0 aliphatic heterocycles. The Hall–Kier alpha value is -6.59. The van der Waals surface area contributed by atoms with E-state index in [-0.39, 0.29) is 5.92 Å². The Bertz CT molecular complexity index is 2790. The molecule has 0 radical (unpaired) electrons. The minimum Gasteiger partial charge on any atom is -0.456 e. The Morgan fingerprint density at radius 2 is 1.08 bits per heavy atom. The van der Waals surface area contributed by atoms with Gasteiger partial charge in [-0.1, -0.05) is 133 Å². The SMILES string of the molecule is C1=CC(c2ccc(-c3nc(-c4ccccc4)nc(-c4cccc5oc6ccccc6c45)n3)c3c2oc2ccccc23)CC=C1c1ccccc1. The van der Waals surface area contributed by atoms with Crippen LogP contribution in [0, 0.1) is 0 Å². The predicted molar refractivity (Wildman–Crippen MR) is 202 cm³/mol. The smallest absolute Gasteiger partial charge is 0.164 e. The fraction of sp³-hybridized carbons (Fsp3) is 0.0444. The maximum absolute atomic E-state index is 6.70. The van der Waals surface area contributed by atoms with Gasteiger partial charge >= 0.3 is 0 Å². The fourth-order valence-electron chi connectivity index (χ4n) is 7.32. The highest BCUT2D eigenvalue weighted by molar-refractivity contribution is 6.14. The molecule has 1 atom stereocenters. The van der Waals surface area contributed by atoms with Crippen LogP contribution in [0.4, 0.5) is 0 Å². The summed E-state index contributed by atoms with van der Waals surface area (Å²) < 4.78 is 12.9. The molecular formula is C45H29N3O2. The van der Waals surface area contributed by atoms with Gasteiger partial charge in [-0.15, -0.1) is 0 Å². The van der Waals surface area contributed by atoms with Crippen molar-refractivity contribution in [1.82, 2.24) is 15.0 Å². The molecule has 0 bridgehead atoms. The minimum absolute atomic E-state index is 0.167. The molecule has 0 saturated heterocycles. The third-order valence-corrected chi connectivity index (χ3v) is 9.71. The van der Waals surface area contributed by atoms with E-state index < -0.39 is 0 Å². The van der Waals surface area contributed by atoms with E-state index in [0.717, 1.165) is 72.6 Å².